The first-order chi connectivity index (χ1) is 8.41. The van der Waals surface area contributed by atoms with Gasteiger partial charge in [-0.1, -0.05) is 0 Å². The molecular weight excluding hydrogens is 308 g/mol. The summed E-state index contributed by atoms with van der Waals surface area (Å²) in [5.41, 5.74) is -0.836. The second-order valence-corrected chi connectivity index (χ2v) is 5.36. The molecule has 18 heavy (non-hydrogen) atoms. The fourth-order valence-electron chi connectivity index (χ4n) is 1.80. The minimum Gasteiger partial charge on any atom is -0.388 e. The summed E-state index contributed by atoms with van der Waals surface area (Å²) in [6.07, 6.45) is 2.22. The van der Waals surface area contributed by atoms with E-state index in [0.29, 0.717) is 12.8 Å². The van der Waals surface area contributed by atoms with E-state index in [-0.39, 0.29) is 16.6 Å². The second kappa shape index (κ2) is 4.93. The van der Waals surface area contributed by atoms with Crippen LogP contribution in [0.3, 0.4) is 0 Å². The van der Waals surface area contributed by atoms with Gasteiger partial charge in [-0.25, -0.2) is 8.78 Å². The highest BCUT2D eigenvalue weighted by Crippen LogP contribution is 2.30. The molecule has 1 aromatic rings. The molecule has 0 atom stereocenters. The molecule has 3 nitrogen and oxygen atoms in total. The third-order valence-electron chi connectivity index (χ3n) is 3.12. The Morgan fingerprint density at radius 3 is 2.56 bits per heavy atom. The van der Waals surface area contributed by atoms with E-state index < -0.39 is 23.1 Å². The van der Waals surface area contributed by atoms with Gasteiger partial charge in [0.05, 0.1) is 11.2 Å². The molecule has 1 amide bonds. The van der Waals surface area contributed by atoms with Crippen LogP contribution in [-0.4, -0.2) is 23.2 Å². The zero-order valence-electron chi connectivity index (χ0n) is 9.47. The zero-order chi connectivity index (χ0) is 13.3. The molecule has 1 saturated carbocycles. The van der Waals surface area contributed by atoms with Gasteiger partial charge in [-0.15, -0.1) is 0 Å². The van der Waals surface area contributed by atoms with Crippen LogP contribution in [0, 0.1) is 11.6 Å². The molecule has 1 aromatic carbocycles. The SMILES string of the molecule is O=C(NCC1(O)CCC1)c1cc(F)c(F)cc1Br. The molecule has 6 heteroatoms. The number of aliphatic hydroxyl groups is 1. The Balaban J connectivity index is 2.06. The number of halogens is 3. The highest BCUT2D eigenvalue weighted by molar-refractivity contribution is 9.10. The van der Waals surface area contributed by atoms with E-state index in [2.05, 4.69) is 21.2 Å². The molecule has 0 radical (unpaired) electrons. The molecule has 0 bridgehead atoms. The van der Waals surface area contributed by atoms with Gasteiger partial charge in [-0.2, -0.15) is 0 Å². The van der Waals surface area contributed by atoms with Crippen LogP contribution in [0.2, 0.25) is 0 Å². The van der Waals surface area contributed by atoms with Crippen LogP contribution in [0.25, 0.3) is 0 Å². The van der Waals surface area contributed by atoms with Crippen LogP contribution in [0.4, 0.5) is 8.78 Å². The summed E-state index contributed by atoms with van der Waals surface area (Å²) >= 11 is 3.00. The Morgan fingerprint density at radius 2 is 2.00 bits per heavy atom. The lowest BCUT2D eigenvalue weighted by Gasteiger charge is -2.36. The first-order valence-corrected chi connectivity index (χ1v) is 6.36. The van der Waals surface area contributed by atoms with Crippen molar-refractivity contribution in [2.75, 3.05) is 6.54 Å². The van der Waals surface area contributed by atoms with Gasteiger partial charge in [0.25, 0.3) is 5.91 Å². The summed E-state index contributed by atoms with van der Waals surface area (Å²) in [5.74, 6) is -2.64. The number of hydrogen-bond acceptors (Lipinski definition) is 2. The predicted molar refractivity (Wildman–Crippen MR) is 65.2 cm³/mol. The summed E-state index contributed by atoms with van der Waals surface area (Å²) in [4.78, 5) is 11.8. The van der Waals surface area contributed by atoms with Crippen LogP contribution in [-0.2, 0) is 0 Å². The fraction of sp³-hybridized carbons (Fsp3) is 0.417. The average molecular weight is 320 g/mol. The van der Waals surface area contributed by atoms with E-state index in [1.807, 2.05) is 0 Å². The molecule has 0 heterocycles. The Kier molecular flexibility index (Phi) is 3.68. The van der Waals surface area contributed by atoms with Crippen molar-refractivity contribution in [1.82, 2.24) is 5.32 Å². The van der Waals surface area contributed by atoms with E-state index in [1.54, 1.807) is 0 Å². The lowest BCUT2D eigenvalue weighted by Crippen LogP contribution is -2.47. The molecule has 2 N–H and O–H groups in total. The van der Waals surface area contributed by atoms with Crippen LogP contribution in [0.5, 0.6) is 0 Å². The van der Waals surface area contributed by atoms with Gasteiger partial charge in [0.15, 0.2) is 11.6 Å². The number of nitrogens with one attached hydrogen (secondary N) is 1. The second-order valence-electron chi connectivity index (χ2n) is 4.51. The van der Waals surface area contributed by atoms with E-state index >= 15 is 0 Å². The number of carbonyl (C=O) groups excluding carboxylic acids is 1. The standard InChI is InChI=1S/C12H12BrF2NO2/c13-8-5-10(15)9(14)4-7(8)11(17)16-6-12(18)2-1-3-12/h4-5,18H,1-3,6H2,(H,16,17). The van der Waals surface area contributed by atoms with Crippen molar-refractivity contribution in [2.24, 2.45) is 0 Å². The van der Waals surface area contributed by atoms with Crippen molar-refractivity contribution in [3.05, 3.63) is 33.8 Å². The fourth-order valence-corrected chi connectivity index (χ4v) is 2.29. The Labute approximate surface area is 111 Å². The van der Waals surface area contributed by atoms with Gasteiger partial charge in [-0.05, 0) is 47.3 Å². The van der Waals surface area contributed by atoms with Gasteiger partial charge in [-0.3, -0.25) is 4.79 Å². The van der Waals surface area contributed by atoms with Crippen LogP contribution in [0.15, 0.2) is 16.6 Å². The van der Waals surface area contributed by atoms with Crippen LogP contribution in [0.1, 0.15) is 29.6 Å². The van der Waals surface area contributed by atoms with E-state index in [1.165, 1.54) is 0 Å². The Bertz CT molecular complexity index is 489. The molecule has 98 valence electrons. The predicted octanol–water partition coefficient (Wildman–Crippen LogP) is 2.37. The zero-order valence-corrected chi connectivity index (χ0v) is 11.1. The molecule has 0 aromatic heterocycles. The van der Waals surface area contributed by atoms with Crippen LogP contribution >= 0.6 is 15.9 Å². The number of rotatable bonds is 3. The van der Waals surface area contributed by atoms with Gasteiger partial charge in [0.1, 0.15) is 0 Å². The van der Waals surface area contributed by atoms with Crippen molar-refractivity contribution in [3.8, 4) is 0 Å². The lowest BCUT2D eigenvalue weighted by molar-refractivity contribution is -0.0300. The number of carbonyl (C=O) groups is 1. The summed E-state index contributed by atoms with van der Waals surface area (Å²) in [6.45, 7) is 0.122. The summed E-state index contributed by atoms with van der Waals surface area (Å²) in [7, 11) is 0. The summed E-state index contributed by atoms with van der Waals surface area (Å²) in [6, 6.07) is 1.74. The first kappa shape index (κ1) is 13.4. The van der Waals surface area contributed by atoms with Crippen LogP contribution < -0.4 is 5.32 Å². The van der Waals surface area contributed by atoms with Gasteiger partial charge < -0.3 is 10.4 Å². The van der Waals surface area contributed by atoms with Gasteiger partial charge >= 0.3 is 0 Å². The van der Waals surface area contributed by atoms with E-state index in [0.717, 1.165) is 18.6 Å². The van der Waals surface area contributed by atoms with E-state index in [9.17, 15) is 18.7 Å². The Morgan fingerprint density at radius 1 is 1.39 bits per heavy atom. The first-order valence-electron chi connectivity index (χ1n) is 5.56. The van der Waals surface area contributed by atoms with Crippen molar-refractivity contribution >= 4 is 21.8 Å². The van der Waals surface area contributed by atoms with E-state index in [4.69, 9.17) is 0 Å². The molecule has 2 rings (SSSR count). The van der Waals surface area contributed by atoms with Crippen molar-refractivity contribution < 1.29 is 18.7 Å². The molecular formula is C12H12BrF2NO2. The minimum atomic E-state index is -1.08. The quantitative estimate of drug-likeness (QED) is 0.840. The monoisotopic (exact) mass is 319 g/mol. The largest absolute Gasteiger partial charge is 0.388 e. The lowest BCUT2D eigenvalue weighted by atomic mass is 9.80. The molecule has 0 spiro atoms. The topological polar surface area (TPSA) is 49.3 Å². The molecule has 1 fully saturated rings. The summed E-state index contributed by atoms with van der Waals surface area (Å²) < 4.78 is 26.1. The highest BCUT2D eigenvalue weighted by atomic mass is 79.9. The number of benzene rings is 1. The van der Waals surface area contributed by atoms with Crippen molar-refractivity contribution in [3.63, 3.8) is 0 Å². The third-order valence-corrected chi connectivity index (χ3v) is 3.77. The normalized spacial score (nSPS) is 17.1. The maximum Gasteiger partial charge on any atom is 0.252 e. The smallest absolute Gasteiger partial charge is 0.252 e. The van der Waals surface area contributed by atoms with Crippen molar-refractivity contribution in [2.45, 2.75) is 24.9 Å². The minimum absolute atomic E-state index is 0.0109. The van der Waals surface area contributed by atoms with Crippen molar-refractivity contribution in [1.29, 1.82) is 0 Å². The summed E-state index contributed by atoms with van der Waals surface area (Å²) in [5, 5.41) is 12.3. The van der Waals surface area contributed by atoms with Gasteiger partial charge in [0, 0.05) is 11.0 Å². The molecule has 0 saturated heterocycles. The Hall–Kier alpha value is -1.01. The number of hydrogen-bond donors (Lipinski definition) is 2. The maximum atomic E-state index is 13.0. The molecule has 1 aliphatic rings. The molecule has 0 unspecified atom stereocenters. The highest BCUT2D eigenvalue weighted by Gasteiger charge is 2.34. The molecule has 1 aliphatic carbocycles. The average Bonchev–Trinajstić information content (AvgIpc) is 2.28. The number of amides is 1. The molecule has 0 aliphatic heterocycles. The third kappa shape index (κ3) is 2.70. The van der Waals surface area contributed by atoms with Gasteiger partial charge in [0.2, 0.25) is 0 Å². The maximum absolute atomic E-state index is 13.0.